The molecule has 2 aromatic heterocycles. The van der Waals surface area contributed by atoms with Gasteiger partial charge in [0.15, 0.2) is 5.78 Å². The molecule has 0 saturated heterocycles. The number of rotatable bonds is 6. The van der Waals surface area contributed by atoms with Gasteiger partial charge in [-0.3, -0.25) is 24.4 Å². The van der Waals surface area contributed by atoms with E-state index in [0.29, 0.717) is 27.4 Å². The lowest BCUT2D eigenvalue weighted by Crippen LogP contribution is -2.45. The minimum atomic E-state index is -0.813. The topological polar surface area (TPSA) is 80.2 Å². The van der Waals surface area contributed by atoms with Gasteiger partial charge in [0.05, 0.1) is 11.6 Å². The highest BCUT2D eigenvalue weighted by Gasteiger charge is 2.36. The molecule has 0 spiro atoms. The normalized spacial score (nSPS) is 15.3. The fraction of sp³-hybridized carbons (Fsp3) is 0.138. The predicted molar refractivity (Wildman–Crippen MR) is 136 cm³/mol. The Morgan fingerprint density at radius 1 is 0.973 bits per heavy atom. The highest BCUT2D eigenvalue weighted by atomic mass is 35.5. The Balaban J connectivity index is 1.49. The van der Waals surface area contributed by atoms with Crippen molar-refractivity contribution in [3.63, 3.8) is 0 Å². The monoisotopic (exact) mass is 513 g/mol. The molecule has 0 saturated carbocycles. The van der Waals surface area contributed by atoms with Crippen molar-refractivity contribution >= 4 is 29.1 Å². The molecule has 5 rings (SSSR count). The van der Waals surface area contributed by atoms with E-state index in [1.165, 1.54) is 29.3 Å². The average Bonchev–Trinajstić information content (AvgIpc) is 2.99. The van der Waals surface area contributed by atoms with Crippen LogP contribution < -0.4 is 0 Å². The van der Waals surface area contributed by atoms with Crippen LogP contribution in [0, 0.1) is 5.82 Å². The van der Waals surface area contributed by atoms with Crippen molar-refractivity contribution in [2.75, 3.05) is 0 Å². The third kappa shape index (κ3) is 5.17. The van der Waals surface area contributed by atoms with E-state index in [9.17, 15) is 14.4 Å². The summed E-state index contributed by atoms with van der Waals surface area (Å²) < 4.78 is 15.1. The first kappa shape index (κ1) is 24.5. The van der Waals surface area contributed by atoms with E-state index in [2.05, 4.69) is 9.97 Å². The maximum Gasteiger partial charge on any atom is 0.255 e. The lowest BCUT2D eigenvalue weighted by molar-refractivity contribution is -0.122. The number of aromatic nitrogens is 2. The molecule has 1 aliphatic rings. The van der Waals surface area contributed by atoms with Crippen molar-refractivity contribution in [1.82, 2.24) is 14.9 Å². The molecule has 3 heterocycles. The molecule has 0 unspecified atom stereocenters. The number of halogens is 2. The number of carbonyl (C=O) groups is 3. The Kier molecular flexibility index (Phi) is 6.88. The SMILES string of the molecule is O=C(c1ccccn1)c1ccc(CN2C(=O)c3ccc(Cl)cc3CC(=O)[C@H]2Cc2ccccn2)cc1F. The number of hydrogen-bond donors (Lipinski definition) is 0. The van der Waals surface area contributed by atoms with Crippen LogP contribution in [0.3, 0.4) is 0 Å². The number of pyridine rings is 2. The Bertz CT molecular complexity index is 1500. The quantitative estimate of drug-likeness (QED) is 0.343. The molecule has 1 atom stereocenters. The highest BCUT2D eigenvalue weighted by Crippen LogP contribution is 2.27. The third-order valence-electron chi connectivity index (χ3n) is 6.33. The Morgan fingerprint density at radius 2 is 1.76 bits per heavy atom. The summed E-state index contributed by atoms with van der Waals surface area (Å²) in [7, 11) is 0. The van der Waals surface area contributed by atoms with E-state index >= 15 is 4.39 Å². The summed E-state index contributed by atoms with van der Waals surface area (Å²) in [6.45, 7) is -0.0287. The van der Waals surface area contributed by atoms with Crippen molar-refractivity contribution in [2.24, 2.45) is 0 Å². The van der Waals surface area contributed by atoms with E-state index in [1.807, 2.05) is 6.07 Å². The first-order chi connectivity index (χ1) is 17.9. The molecule has 6 nitrogen and oxygen atoms in total. The third-order valence-corrected chi connectivity index (χ3v) is 6.56. The lowest BCUT2D eigenvalue weighted by atomic mass is 9.99. The van der Waals surface area contributed by atoms with E-state index in [4.69, 9.17) is 11.6 Å². The summed E-state index contributed by atoms with van der Waals surface area (Å²) in [6.07, 6.45) is 3.35. The highest BCUT2D eigenvalue weighted by molar-refractivity contribution is 6.30. The van der Waals surface area contributed by atoms with Crippen LogP contribution in [-0.2, 0) is 24.2 Å². The summed E-state index contributed by atoms with van der Waals surface area (Å²) in [5, 5.41) is 0.435. The molecule has 2 aromatic carbocycles. The molecular formula is C29H21ClFN3O3. The minimum absolute atomic E-state index is 0.0287. The van der Waals surface area contributed by atoms with Gasteiger partial charge in [0.1, 0.15) is 11.5 Å². The summed E-state index contributed by atoms with van der Waals surface area (Å²) in [6, 6.07) is 18.5. The van der Waals surface area contributed by atoms with Crippen LogP contribution in [0.2, 0.25) is 5.02 Å². The largest absolute Gasteiger partial charge is 0.324 e. The molecular weight excluding hydrogens is 493 g/mol. The van der Waals surface area contributed by atoms with Crippen LogP contribution >= 0.6 is 11.6 Å². The zero-order valence-corrected chi connectivity index (χ0v) is 20.4. The molecule has 0 fully saturated rings. The summed E-state index contributed by atoms with van der Waals surface area (Å²) in [5.41, 5.74) is 2.05. The molecule has 4 aromatic rings. The van der Waals surface area contributed by atoms with Gasteiger partial charge in [-0.05, 0) is 65.7 Å². The second-order valence-electron chi connectivity index (χ2n) is 8.78. The summed E-state index contributed by atoms with van der Waals surface area (Å²) in [4.78, 5) is 49.6. The van der Waals surface area contributed by atoms with Crippen LogP contribution in [0.1, 0.15) is 43.2 Å². The lowest BCUT2D eigenvalue weighted by Gasteiger charge is -2.29. The van der Waals surface area contributed by atoms with Crippen molar-refractivity contribution in [2.45, 2.75) is 25.4 Å². The van der Waals surface area contributed by atoms with Crippen LogP contribution in [-0.4, -0.2) is 38.4 Å². The van der Waals surface area contributed by atoms with Gasteiger partial charge in [-0.25, -0.2) is 4.39 Å². The Labute approximate surface area is 217 Å². The van der Waals surface area contributed by atoms with Crippen molar-refractivity contribution < 1.29 is 18.8 Å². The van der Waals surface area contributed by atoms with Gasteiger partial charge < -0.3 is 4.90 Å². The number of carbonyl (C=O) groups excluding carboxylic acids is 3. The molecule has 37 heavy (non-hydrogen) atoms. The minimum Gasteiger partial charge on any atom is -0.324 e. The second kappa shape index (κ2) is 10.4. The van der Waals surface area contributed by atoms with E-state index in [-0.39, 0.29) is 42.3 Å². The molecule has 1 amide bonds. The van der Waals surface area contributed by atoms with Crippen LogP contribution in [0.25, 0.3) is 0 Å². The number of amides is 1. The van der Waals surface area contributed by atoms with E-state index < -0.39 is 17.6 Å². The Hall–Kier alpha value is -4.23. The molecule has 8 heteroatoms. The smallest absolute Gasteiger partial charge is 0.255 e. The number of Topliss-reactive ketones (excluding diaryl/α,β-unsaturated/α-hetero) is 1. The van der Waals surface area contributed by atoms with Crippen molar-refractivity contribution in [1.29, 1.82) is 0 Å². The van der Waals surface area contributed by atoms with Crippen LogP contribution in [0.15, 0.2) is 85.2 Å². The average molecular weight is 514 g/mol. The summed E-state index contributed by atoms with van der Waals surface area (Å²) >= 11 is 6.14. The maximum absolute atomic E-state index is 15.1. The fourth-order valence-electron chi connectivity index (χ4n) is 4.49. The maximum atomic E-state index is 15.1. The van der Waals surface area contributed by atoms with E-state index in [0.717, 1.165) is 0 Å². The van der Waals surface area contributed by atoms with Crippen LogP contribution in [0.4, 0.5) is 4.39 Å². The van der Waals surface area contributed by atoms with Gasteiger partial charge in [-0.2, -0.15) is 0 Å². The first-order valence-electron chi connectivity index (χ1n) is 11.7. The molecule has 0 bridgehead atoms. The molecule has 184 valence electrons. The fourth-order valence-corrected chi connectivity index (χ4v) is 4.68. The number of hydrogen-bond acceptors (Lipinski definition) is 5. The molecule has 0 radical (unpaired) electrons. The standard InChI is InChI=1S/C29H21ClFN3O3/c30-20-8-10-22-19(14-20)15-27(35)26(16-21-5-1-3-11-32-21)34(29(22)37)17-18-7-9-23(24(31)13-18)28(36)25-6-2-4-12-33-25/h1-14,26H,15-17H2/t26-/m1/s1. The van der Waals surface area contributed by atoms with Gasteiger partial charge >= 0.3 is 0 Å². The van der Waals surface area contributed by atoms with Crippen molar-refractivity contribution in [3.05, 3.63) is 130 Å². The number of fused-ring (bicyclic) bond motifs is 1. The van der Waals surface area contributed by atoms with Gasteiger partial charge in [0.25, 0.3) is 5.91 Å². The van der Waals surface area contributed by atoms with Gasteiger partial charge in [0.2, 0.25) is 5.78 Å². The van der Waals surface area contributed by atoms with Crippen LogP contribution in [0.5, 0.6) is 0 Å². The zero-order valence-electron chi connectivity index (χ0n) is 19.6. The van der Waals surface area contributed by atoms with Gasteiger partial charge in [0, 0.05) is 48.1 Å². The number of nitrogens with zero attached hydrogens (tertiary/aromatic N) is 3. The zero-order chi connectivity index (χ0) is 25.9. The molecule has 0 N–H and O–H groups in total. The van der Waals surface area contributed by atoms with Gasteiger partial charge in [-0.15, -0.1) is 0 Å². The molecule has 0 aliphatic carbocycles. The van der Waals surface area contributed by atoms with Crippen molar-refractivity contribution in [3.8, 4) is 0 Å². The van der Waals surface area contributed by atoms with E-state index in [1.54, 1.807) is 54.7 Å². The molecule has 1 aliphatic heterocycles. The predicted octanol–water partition coefficient (Wildman–Crippen LogP) is 4.88. The Morgan fingerprint density at radius 3 is 2.46 bits per heavy atom. The number of ketones is 2. The first-order valence-corrected chi connectivity index (χ1v) is 12.0. The second-order valence-corrected chi connectivity index (χ2v) is 9.21. The number of benzene rings is 2. The summed E-state index contributed by atoms with van der Waals surface area (Å²) in [5.74, 6) is -1.78. The van der Waals surface area contributed by atoms with Gasteiger partial charge in [-0.1, -0.05) is 29.8 Å².